The molecule has 1 amide bonds. The minimum Gasteiger partial charge on any atom is -0.481 e. The normalized spacial score (nSPS) is 27.4. The van der Waals surface area contributed by atoms with E-state index in [4.69, 9.17) is 5.11 Å². The van der Waals surface area contributed by atoms with Gasteiger partial charge in [-0.3, -0.25) is 9.59 Å². The summed E-state index contributed by atoms with van der Waals surface area (Å²) in [7, 11) is 0. The number of piperidine rings is 1. The van der Waals surface area contributed by atoms with Crippen molar-refractivity contribution in [2.75, 3.05) is 26.2 Å². The van der Waals surface area contributed by atoms with Gasteiger partial charge in [-0.25, -0.2) is 0 Å². The fourth-order valence-corrected chi connectivity index (χ4v) is 2.53. The van der Waals surface area contributed by atoms with Crippen molar-refractivity contribution in [2.45, 2.75) is 19.8 Å². The Kier molecular flexibility index (Phi) is 3.66. The van der Waals surface area contributed by atoms with Crippen LogP contribution in [0.2, 0.25) is 0 Å². The SMILES string of the molecule is CC(C(=O)O)C1CN(C(=O)[C@H]2CCCNC2)C1. The van der Waals surface area contributed by atoms with E-state index in [9.17, 15) is 9.59 Å². The van der Waals surface area contributed by atoms with Crippen molar-refractivity contribution in [1.29, 1.82) is 0 Å². The average molecular weight is 240 g/mol. The predicted octanol–water partition coefficient (Wildman–Crippen LogP) is 0.165. The van der Waals surface area contributed by atoms with Gasteiger partial charge in [0.15, 0.2) is 0 Å². The standard InChI is InChI=1S/C12H20N2O3/c1-8(12(16)17)10-6-14(7-10)11(15)9-3-2-4-13-5-9/h8-10,13H,2-7H2,1H3,(H,16,17)/t8?,9-/m0/s1. The van der Waals surface area contributed by atoms with E-state index in [-0.39, 0.29) is 23.7 Å². The second kappa shape index (κ2) is 5.04. The highest BCUT2D eigenvalue weighted by molar-refractivity contribution is 5.80. The highest BCUT2D eigenvalue weighted by atomic mass is 16.4. The molecule has 0 bridgehead atoms. The fourth-order valence-electron chi connectivity index (χ4n) is 2.53. The van der Waals surface area contributed by atoms with E-state index in [0.29, 0.717) is 13.1 Å². The second-order valence-electron chi connectivity index (χ2n) is 5.17. The van der Waals surface area contributed by atoms with Gasteiger partial charge in [-0.1, -0.05) is 6.92 Å². The Morgan fingerprint density at radius 2 is 2.12 bits per heavy atom. The maximum absolute atomic E-state index is 12.1. The van der Waals surface area contributed by atoms with Crippen molar-refractivity contribution in [1.82, 2.24) is 10.2 Å². The Morgan fingerprint density at radius 1 is 1.41 bits per heavy atom. The average Bonchev–Trinajstić information content (AvgIpc) is 2.27. The molecule has 2 aliphatic heterocycles. The van der Waals surface area contributed by atoms with E-state index < -0.39 is 5.97 Å². The Labute approximate surface area is 101 Å². The Bertz CT molecular complexity index is 307. The molecule has 0 aromatic heterocycles. The summed E-state index contributed by atoms with van der Waals surface area (Å²) in [6.07, 6.45) is 2.01. The first-order valence-electron chi connectivity index (χ1n) is 6.32. The lowest BCUT2D eigenvalue weighted by Gasteiger charge is -2.43. The number of hydrogen-bond donors (Lipinski definition) is 2. The number of aliphatic carboxylic acids is 1. The Morgan fingerprint density at radius 3 is 2.65 bits per heavy atom. The van der Waals surface area contributed by atoms with Crippen molar-refractivity contribution in [2.24, 2.45) is 17.8 Å². The molecule has 17 heavy (non-hydrogen) atoms. The second-order valence-corrected chi connectivity index (χ2v) is 5.17. The first-order valence-corrected chi connectivity index (χ1v) is 6.32. The summed E-state index contributed by atoms with van der Waals surface area (Å²) in [6, 6.07) is 0. The summed E-state index contributed by atoms with van der Waals surface area (Å²) in [5.74, 6) is -0.672. The van der Waals surface area contributed by atoms with Crippen LogP contribution in [0.3, 0.4) is 0 Å². The summed E-state index contributed by atoms with van der Waals surface area (Å²) < 4.78 is 0. The minimum atomic E-state index is -0.763. The molecule has 2 saturated heterocycles. The lowest BCUT2D eigenvalue weighted by molar-refractivity contribution is -0.152. The van der Waals surface area contributed by atoms with E-state index in [1.807, 2.05) is 4.90 Å². The van der Waals surface area contributed by atoms with Gasteiger partial charge in [0, 0.05) is 25.6 Å². The maximum Gasteiger partial charge on any atom is 0.306 e. The largest absolute Gasteiger partial charge is 0.481 e. The zero-order valence-electron chi connectivity index (χ0n) is 10.2. The predicted molar refractivity (Wildman–Crippen MR) is 62.5 cm³/mol. The van der Waals surface area contributed by atoms with Gasteiger partial charge in [-0.2, -0.15) is 0 Å². The highest BCUT2D eigenvalue weighted by Crippen LogP contribution is 2.26. The number of hydrogen-bond acceptors (Lipinski definition) is 3. The zero-order valence-corrected chi connectivity index (χ0v) is 10.2. The molecule has 96 valence electrons. The summed E-state index contributed by atoms with van der Waals surface area (Å²) in [5, 5.41) is 12.1. The molecule has 2 atom stereocenters. The third-order valence-corrected chi connectivity index (χ3v) is 3.96. The van der Waals surface area contributed by atoms with Gasteiger partial charge in [0.25, 0.3) is 0 Å². The topological polar surface area (TPSA) is 69.6 Å². The molecule has 2 heterocycles. The number of carboxylic acids is 1. The van der Waals surface area contributed by atoms with Crippen LogP contribution in [0.1, 0.15) is 19.8 Å². The molecule has 0 aliphatic carbocycles. The van der Waals surface area contributed by atoms with Gasteiger partial charge in [-0.05, 0) is 19.4 Å². The van der Waals surface area contributed by atoms with Crippen molar-refractivity contribution in [3.63, 3.8) is 0 Å². The molecule has 0 spiro atoms. The fraction of sp³-hybridized carbons (Fsp3) is 0.833. The summed E-state index contributed by atoms with van der Waals surface area (Å²) in [4.78, 5) is 24.7. The first kappa shape index (κ1) is 12.4. The quantitative estimate of drug-likeness (QED) is 0.737. The number of nitrogens with zero attached hydrogens (tertiary/aromatic N) is 1. The van der Waals surface area contributed by atoms with Crippen LogP contribution in [-0.2, 0) is 9.59 Å². The van der Waals surface area contributed by atoms with E-state index in [1.165, 1.54) is 0 Å². The van der Waals surface area contributed by atoms with Crippen LogP contribution in [-0.4, -0.2) is 48.1 Å². The molecular weight excluding hydrogens is 220 g/mol. The van der Waals surface area contributed by atoms with Gasteiger partial charge < -0.3 is 15.3 Å². The van der Waals surface area contributed by atoms with Gasteiger partial charge >= 0.3 is 5.97 Å². The van der Waals surface area contributed by atoms with Crippen LogP contribution in [0.15, 0.2) is 0 Å². The molecule has 1 unspecified atom stereocenters. The molecule has 2 rings (SSSR count). The Hall–Kier alpha value is -1.10. The van der Waals surface area contributed by atoms with Crippen LogP contribution in [0, 0.1) is 17.8 Å². The molecule has 5 nitrogen and oxygen atoms in total. The number of carboxylic acid groups (broad SMARTS) is 1. The Balaban J connectivity index is 1.78. The smallest absolute Gasteiger partial charge is 0.306 e. The van der Waals surface area contributed by atoms with Crippen LogP contribution < -0.4 is 5.32 Å². The third kappa shape index (κ3) is 2.60. The lowest BCUT2D eigenvalue weighted by Crippen LogP contribution is -2.56. The van der Waals surface area contributed by atoms with Gasteiger partial charge in [0.2, 0.25) is 5.91 Å². The molecule has 2 N–H and O–H groups in total. The van der Waals surface area contributed by atoms with E-state index >= 15 is 0 Å². The molecule has 2 aliphatic rings. The highest BCUT2D eigenvalue weighted by Gasteiger charge is 2.39. The summed E-state index contributed by atoms with van der Waals surface area (Å²) in [5.41, 5.74) is 0. The first-order chi connectivity index (χ1) is 8.09. The molecule has 2 fully saturated rings. The molecular formula is C12H20N2O3. The molecule has 5 heteroatoms. The number of rotatable bonds is 3. The molecule has 0 aromatic carbocycles. The van der Waals surface area contributed by atoms with Crippen LogP contribution in [0.4, 0.5) is 0 Å². The third-order valence-electron chi connectivity index (χ3n) is 3.96. The minimum absolute atomic E-state index is 0.102. The van der Waals surface area contributed by atoms with Crippen LogP contribution in [0.25, 0.3) is 0 Å². The molecule has 0 aromatic rings. The number of carbonyl (C=O) groups excluding carboxylic acids is 1. The van der Waals surface area contributed by atoms with Crippen LogP contribution in [0.5, 0.6) is 0 Å². The van der Waals surface area contributed by atoms with Crippen LogP contribution >= 0.6 is 0 Å². The summed E-state index contributed by atoms with van der Waals surface area (Å²) in [6.45, 7) is 4.72. The van der Waals surface area contributed by atoms with Crippen molar-refractivity contribution >= 4 is 11.9 Å². The molecule has 0 radical (unpaired) electrons. The summed E-state index contributed by atoms with van der Waals surface area (Å²) >= 11 is 0. The number of amides is 1. The monoisotopic (exact) mass is 240 g/mol. The van der Waals surface area contributed by atoms with Crippen molar-refractivity contribution < 1.29 is 14.7 Å². The van der Waals surface area contributed by atoms with E-state index in [0.717, 1.165) is 25.9 Å². The van der Waals surface area contributed by atoms with Gasteiger partial charge in [0.05, 0.1) is 11.8 Å². The number of nitrogens with one attached hydrogen (secondary N) is 1. The van der Waals surface area contributed by atoms with Crippen molar-refractivity contribution in [3.05, 3.63) is 0 Å². The van der Waals surface area contributed by atoms with Crippen molar-refractivity contribution in [3.8, 4) is 0 Å². The maximum atomic E-state index is 12.1. The number of carbonyl (C=O) groups is 2. The molecule has 0 saturated carbocycles. The van der Waals surface area contributed by atoms with E-state index in [2.05, 4.69) is 5.32 Å². The van der Waals surface area contributed by atoms with Gasteiger partial charge in [-0.15, -0.1) is 0 Å². The lowest BCUT2D eigenvalue weighted by atomic mass is 9.85. The van der Waals surface area contributed by atoms with Gasteiger partial charge in [0.1, 0.15) is 0 Å². The zero-order chi connectivity index (χ0) is 12.4. The van der Waals surface area contributed by atoms with E-state index in [1.54, 1.807) is 6.92 Å². The number of likely N-dealkylation sites (tertiary alicyclic amines) is 1.